The van der Waals surface area contributed by atoms with Gasteiger partial charge in [-0.05, 0) is 42.7 Å². The predicted molar refractivity (Wildman–Crippen MR) is 115 cm³/mol. The van der Waals surface area contributed by atoms with Crippen LogP contribution in [-0.2, 0) is 10.5 Å². The lowest BCUT2D eigenvalue weighted by molar-refractivity contribution is -0.127. The molecule has 3 aromatic rings. The van der Waals surface area contributed by atoms with Crippen molar-refractivity contribution in [3.63, 3.8) is 0 Å². The van der Waals surface area contributed by atoms with Crippen molar-refractivity contribution >= 4 is 34.1 Å². The van der Waals surface area contributed by atoms with Crippen LogP contribution in [0.2, 0.25) is 0 Å². The molecule has 1 aliphatic rings. The van der Waals surface area contributed by atoms with E-state index in [9.17, 15) is 9.18 Å². The van der Waals surface area contributed by atoms with Gasteiger partial charge in [-0.15, -0.1) is 11.8 Å². The van der Waals surface area contributed by atoms with Crippen molar-refractivity contribution in [2.45, 2.75) is 19.1 Å². The number of hydrogen-bond donors (Lipinski definition) is 1. The molecule has 0 bridgehead atoms. The number of aromatic amines is 1. The van der Waals surface area contributed by atoms with Crippen LogP contribution in [0.25, 0.3) is 16.5 Å². The van der Waals surface area contributed by atoms with Crippen molar-refractivity contribution in [3.8, 4) is 0 Å². The Morgan fingerprint density at radius 1 is 1.25 bits per heavy atom. The highest BCUT2D eigenvalue weighted by Crippen LogP contribution is 2.29. The van der Waals surface area contributed by atoms with Crippen LogP contribution in [0.3, 0.4) is 0 Å². The molecule has 0 spiro atoms. The number of H-pyrrole nitrogens is 1. The van der Waals surface area contributed by atoms with Crippen molar-refractivity contribution in [3.05, 3.63) is 77.2 Å². The molecule has 1 amide bonds. The minimum absolute atomic E-state index is 0.189. The maximum absolute atomic E-state index is 13.4. The van der Waals surface area contributed by atoms with Gasteiger partial charge in [-0.3, -0.25) is 4.79 Å². The van der Waals surface area contributed by atoms with Gasteiger partial charge in [-0.25, -0.2) is 4.39 Å². The van der Waals surface area contributed by atoms with Crippen molar-refractivity contribution < 1.29 is 9.18 Å². The first-order valence-electron chi connectivity index (χ1n) is 9.47. The Morgan fingerprint density at radius 2 is 2.14 bits per heavy atom. The number of amides is 1. The molecule has 0 saturated carbocycles. The molecule has 2 aromatic carbocycles. The van der Waals surface area contributed by atoms with Crippen molar-refractivity contribution in [2.75, 3.05) is 18.8 Å². The molecule has 0 unspecified atom stereocenters. The van der Waals surface area contributed by atoms with Crippen LogP contribution in [0.5, 0.6) is 0 Å². The van der Waals surface area contributed by atoms with Gasteiger partial charge < -0.3 is 9.88 Å². The Morgan fingerprint density at radius 3 is 2.93 bits per heavy atom. The first-order valence-corrected chi connectivity index (χ1v) is 10.6. The largest absolute Gasteiger partial charge is 0.360 e. The monoisotopic (exact) mass is 394 g/mol. The number of rotatable bonds is 5. The Labute approximate surface area is 168 Å². The molecule has 0 radical (unpaired) electrons. The van der Waals surface area contributed by atoms with E-state index in [1.165, 1.54) is 28.8 Å². The second kappa shape index (κ2) is 8.23. The minimum Gasteiger partial charge on any atom is -0.360 e. The maximum atomic E-state index is 13.4. The highest BCUT2D eigenvalue weighted by atomic mass is 32.2. The first-order chi connectivity index (χ1) is 13.6. The zero-order valence-corrected chi connectivity index (χ0v) is 16.7. The second-order valence-electron chi connectivity index (χ2n) is 7.19. The molecule has 0 saturated heterocycles. The van der Waals surface area contributed by atoms with Crippen molar-refractivity contribution in [2.24, 2.45) is 0 Å². The molecule has 144 valence electrons. The fraction of sp³-hybridized carbons (Fsp3) is 0.261. The fourth-order valence-corrected chi connectivity index (χ4v) is 4.53. The third-order valence-electron chi connectivity index (χ3n) is 5.13. The van der Waals surface area contributed by atoms with Gasteiger partial charge in [0.05, 0.1) is 5.75 Å². The number of carbonyl (C=O) groups is 1. The summed E-state index contributed by atoms with van der Waals surface area (Å²) in [4.78, 5) is 17.6. The number of hydrogen-bond acceptors (Lipinski definition) is 2. The van der Waals surface area contributed by atoms with Crippen LogP contribution < -0.4 is 0 Å². The summed E-state index contributed by atoms with van der Waals surface area (Å²) in [6.07, 6.45) is 4.88. The first kappa shape index (κ1) is 18.8. The van der Waals surface area contributed by atoms with Gasteiger partial charge in [0.25, 0.3) is 0 Å². The van der Waals surface area contributed by atoms with E-state index in [0.29, 0.717) is 12.3 Å². The molecular formula is C23H23FN2OS. The molecule has 1 N–H and O–H groups in total. The van der Waals surface area contributed by atoms with Gasteiger partial charge in [0, 0.05) is 41.5 Å². The van der Waals surface area contributed by atoms with Gasteiger partial charge in [0.1, 0.15) is 5.82 Å². The summed E-state index contributed by atoms with van der Waals surface area (Å²) in [6.45, 7) is 3.44. The van der Waals surface area contributed by atoms with Gasteiger partial charge in [-0.1, -0.05) is 35.9 Å². The Balaban J connectivity index is 1.34. The van der Waals surface area contributed by atoms with Crippen LogP contribution >= 0.6 is 11.8 Å². The van der Waals surface area contributed by atoms with E-state index in [4.69, 9.17) is 0 Å². The molecule has 0 fully saturated rings. The zero-order chi connectivity index (χ0) is 19.5. The third-order valence-corrected chi connectivity index (χ3v) is 6.12. The maximum Gasteiger partial charge on any atom is 0.232 e. The van der Waals surface area contributed by atoms with E-state index in [1.54, 1.807) is 11.8 Å². The molecule has 4 rings (SSSR count). The van der Waals surface area contributed by atoms with Crippen LogP contribution in [0.4, 0.5) is 4.39 Å². The highest BCUT2D eigenvalue weighted by Gasteiger charge is 2.19. The van der Waals surface area contributed by atoms with Gasteiger partial charge in [0.2, 0.25) is 5.91 Å². The number of carbonyl (C=O) groups excluding carboxylic acids is 1. The number of nitrogens with zero attached hydrogens (tertiary/aromatic N) is 1. The Hall–Kier alpha value is -2.53. The van der Waals surface area contributed by atoms with Crippen LogP contribution in [-0.4, -0.2) is 34.6 Å². The van der Waals surface area contributed by atoms with Gasteiger partial charge in [0.15, 0.2) is 0 Å². The Kier molecular flexibility index (Phi) is 5.53. The average Bonchev–Trinajstić information content (AvgIpc) is 3.11. The van der Waals surface area contributed by atoms with Crippen LogP contribution in [0, 0.1) is 12.7 Å². The molecule has 28 heavy (non-hydrogen) atoms. The van der Waals surface area contributed by atoms with E-state index in [0.717, 1.165) is 35.2 Å². The summed E-state index contributed by atoms with van der Waals surface area (Å²) in [5.74, 6) is 1.31. The lowest BCUT2D eigenvalue weighted by Crippen LogP contribution is -2.35. The molecule has 0 aliphatic carbocycles. The highest BCUT2D eigenvalue weighted by molar-refractivity contribution is 7.99. The molecule has 1 aliphatic heterocycles. The standard InChI is InChI=1S/C23H23FN2OS/c1-16-3-2-4-17(11-16)14-28-15-23(27)26-9-7-18(8-10-26)21-13-25-22-12-19(24)5-6-20(21)22/h2-7,11-13,25H,8-10,14-15H2,1H3. The molecule has 5 heteroatoms. The van der Waals surface area contributed by atoms with E-state index >= 15 is 0 Å². The minimum atomic E-state index is -0.238. The molecule has 1 aromatic heterocycles. The summed E-state index contributed by atoms with van der Waals surface area (Å²) in [5, 5.41) is 1.03. The number of nitrogens with one attached hydrogen (secondary N) is 1. The van der Waals surface area contributed by atoms with E-state index in [2.05, 4.69) is 42.2 Å². The summed E-state index contributed by atoms with van der Waals surface area (Å²) in [6, 6.07) is 13.2. The van der Waals surface area contributed by atoms with Crippen LogP contribution in [0.15, 0.2) is 54.7 Å². The normalized spacial score (nSPS) is 14.4. The SMILES string of the molecule is Cc1cccc(CSCC(=O)N2CC=C(c3c[nH]c4cc(F)ccc34)CC2)c1. The van der Waals surface area contributed by atoms with Crippen molar-refractivity contribution in [1.29, 1.82) is 0 Å². The number of benzene rings is 2. The third kappa shape index (κ3) is 4.14. The summed E-state index contributed by atoms with van der Waals surface area (Å²) < 4.78 is 13.4. The topological polar surface area (TPSA) is 36.1 Å². The van der Waals surface area contributed by atoms with E-state index in [-0.39, 0.29) is 11.7 Å². The predicted octanol–water partition coefficient (Wildman–Crippen LogP) is 5.16. The summed E-state index contributed by atoms with van der Waals surface area (Å²) >= 11 is 1.67. The summed E-state index contributed by atoms with van der Waals surface area (Å²) in [5.41, 5.74) is 5.64. The fourth-order valence-electron chi connectivity index (χ4n) is 3.65. The van der Waals surface area contributed by atoms with Gasteiger partial charge in [-0.2, -0.15) is 0 Å². The quantitative estimate of drug-likeness (QED) is 0.648. The number of aryl methyl sites for hydroxylation is 1. The number of thioether (sulfide) groups is 1. The summed E-state index contributed by atoms with van der Waals surface area (Å²) in [7, 11) is 0. The van der Waals surface area contributed by atoms with Crippen LogP contribution in [0.1, 0.15) is 23.1 Å². The number of aromatic nitrogens is 1. The number of fused-ring (bicyclic) bond motifs is 1. The molecular weight excluding hydrogens is 371 g/mol. The zero-order valence-electron chi connectivity index (χ0n) is 15.9. The van der Waals surface area contributed by atoms with E-state index in [1.807, 2.05) is 17.2 Å². The lowest BCUT2D eigenvalue weighted by atomic mass is 9.99. The van der Waals surface area contributed by atoms with Gasteiger partial charge >= 0.3 is 0 Å². The molecule has 2 heterocycles. The van der Waals surface area contributed by atoms with E-state index < -0.39 is 0 Å². The molecule has 3 nitrogen and oxygen atoms in total. The second-order valence-corrected chi connectivity index (χ2v) is 8.18. The number of halogens is 1. The smallest absolute Gasteiger partial charge is 0.232 e. The Bertz CT molecular complexity index is 1040. The lowest BCUT2D eigenvalue weighted by Gasteiger charge is -2.26. The van der Waals surface area contributed by atoms with Crippen molar-refractivity contribution in [1.82, 2.24) is 9.88 Å². The average molecular weight is 395 g/mol. The molecule has 0 atom stereocenters.